The van der Waals surface area contributed by atoms with Gasteiger partial charge in [-0.25, -0.2) is 14.8 Å². The quantitative estimate of drug-likeness (QED) is 0.472. The van der Waals surface area contributed by atoms with E-state index in [9.17, 15) is 9.59 Å². The highest BCUT2D eigenvalue weighted by Crippen LogP contribution is 2.23. The number of hydrogen-bond donors (Lipinski definition) is 0. The fourth-order valence-corrected chi connectivity index (χ4v) is 3.27. The Morgan fingerprint density at radius 1 is 1.07 bits per heavy atom. The van der Waals surface area contributed by atoms with E-state index in [-0.39, 0.29) is 6.61 Å². The van der Waals surface area contributed by atoms with Crippen LogP contribution >= 0.6 is 0 Å². The van der Waals surface area contributed by atoms with E-state index in [0.717, 1.165) is 11.3 Å². The van der Waals surface area contributed by atoms with Gasteiger partial charge in [0.05, 0.1) is 12.3 Å². The van der Waals surface area contributed by atoms with E-state index in [2.05, 4.69) is 20.3 Å². The molecule has 0 bridgehead atoms. The van der Waals surface area contributed by atoms with Crippen molar-refractivity contribution in [3.05, 3.63) is 36.2 Å². The average Bonchev–Trinajstić information content (AvgIpc) is 3.18. The van der Waals surface area contributed by atoms with Gasteiger partial charge < -0.3 is 14.5 Å². The van der Waals surface area contributed by atoms with Gasteiger partial charge >= 0.3 is 11.9 Å². The fourth-order valence-electron chi connectivity index (χ4n) is 3.27. The number of nitrogens with zero attached hydrogens (tertiary/aromatic N) is 7. The molecular formula is C19H21N7O3. The Hall–Kier alpha value is -3.56. The number of benzene rings is 1. The Labute approximate surface area is 167 Å². The molecule has 10 heteroatoms. The Bertz CT molecular complexity index is 1040. The lowest BCUT2D eigenvalue weighted by atomic mass is 10.2. The number of aryl methyl sites for hydroxylation is 1. The lowest BCUT2D eigenvalue weighted by Crippen LogP contribution is -2.51. The van der Waals surface area contributed by atoms with E-state index in [0.29, 0.717) is 43.2 Å². The monoisotopic (exact) mass is 395 g/mol. The van der Waals surface area contributed by atoms with Gasteiger partial charge in [-0.15, -0.1) is 5.10 Å². The topological polar surface area (TPSA) is 106 Å². The van der Waals surface area contributed by atoms with Gasteiger partial charge in [0.1, 0.15) is 6.33 Å². The number of ether oxygens (including phenoxy) is 1. The molecule has 0 saturated carbocycles. The number of anilines is 1. The van der Waals surface area contributed by atoms with Crippen LogP contribution in [0.3, 0.4) is 0 Å². The van der Waals surface area contributed by atoms with Crippen molar-refractivity contribution in [1.82, 2.24) is 29.9 Å². The van der Waals surface area contributed by atoms with Gasteiger partial charge in [0, 0.05) is 26.2 Å². The smallest absolute Gasteiger partial charge is 0.397 e. The molecule has 0 spiro atoms. The second-order valence-corrected chi connectivity index (χ2v) is 6.71. The van der Waals surface area contributed by atoms with Crippen LogP contribution in [0, 0.1) is 6.92 Å². The molecule has 0 radical (unpaired) electrons. The molecule has 0 N–H and O–H groups in total. The number of rotatable bonds is 3. The maximum atomic E-state index is 12.1. The minimum absolute atomic E-state index is 0.181. The first-order valence-electron chi connectivity index (χ1n) is 9.43. The normalized spacial score (nSPS) is 14.3. The predicted octanol–water partition coefficient (Wildman–Crippen LogP) is 0.731. The Balaban J connectivity index is 1.54. The maximum absolute atomic E-state index is 12.1. The lowest BCUT2D eigenvalue weighted by molar-refractivity contribution is -0.160. The summed E-state index contributed by atoms with van der Waals surface area (Å²) in [7, 11) is 0. The van der Waals surface area contributed by atoms with Gasteiger partial charge in [-0.05, 0) is 26.0 Å². The number of hydrogen-bond acceptors (Lipinski definition) is 8. The molecule has 3 aromatic rings. The first-order valence-corrected chi connectivity index (χ1v) is 9.43. The van der Waals surface area contributed by atoms with E-state index in [1.807, 2.05) is 36.1 Å². The molecule has 4 rings (SSSR count). The van der Waals surface area contributed by atoms with Crippen LogP contribution in [0.4, 0.5) is 5.82 Å². The molecule has 1 aliphatic rings. The number of esters is 1. The minimum atomic E-state index is -0.814. The van der Waals surface area contributed by atoms with Crippen LogP contribution in [-0.2, 0) is 14.3 Å². The third kappa shape index (κ3) is 3.60. The van der Waals surface area contributed by atoms with Crippen molar-refractivity contribution in [2.75, 3.05) is 37.7 Å². The molecule has 2 aromatic heterocycles. The molecule has 0 unspecified atom stereocenters. The Morgan fingerprint density at radius 2 is 1.79 bits per heavy atom. The molecule has 29 heavy (non-hydrogen) atoms. The molecule has 1 amide bonds. The first kappa shape index (κ1) is 18.8. The molecular weight excluding hydrogens is 374 g/mol. The largest absolute Gasteiger partial charge is 0.459 e. The predicted molar refractivity (Wildman–Crippen MR) is 105 cm³/mol. The summed E-state index contributed by atoms with van der Waals surface area (Å²) in [5.74, 6) is -0.757. The van der Waals surface area contributed by atoms with Crippen molar-refractivity contribution in [3.8, 4) is 5.69 Å². The molecule has 1 aliphatic heterocycles. The molecule has 0 aliphatic carbocycles. The van der Waals surface area contributed by atoms with Crippen LogP contribution in [0.25, 0.3) is 16.9 Å². The Kier molecular flexibility index (Phi) is 5.07. The van der Waals surface area contributed by atoms with Gasteiger partial charge in [0.2, 0.25) is 0 Å². The number of fused-ring (bicyclic) bond motifs is 1. The zero-order valence-corrected chi connectivity index (χ0v) is 16.3. The van der Waals surface area contributed by atoms with Crippen LogP contribution < -0.4 is 4.90 Å². The fraction of sp³-hybridized carbons (Fsp3) is 0.368. The van der Waals surface area contributed by atoms with Crippen molar-refractivity contribution < 1.29 is 14.3 Å². The summed E-state index contributed by atoms with van der Waals surface area (Å²) >= 11 is 0. The summed E-state index contributed by atoms with van der Waals surface area (Å²) in [5.41, 5.74) is 3.23. The van der Waals surface area contributed by atoms with Crippen molar-refractivity contribution >= 4 is 28.9 Å². The third-order valence-electron chi connectivity index (χ3n) is 4.81. The van der Waals surface area contributed by atoms with Crippen LogP contribution in [-0.4, -0.2) is 74.5 Å². The molecule has 3 heterocycles. The second-order valence-electron chi connectivity index (χ2n) is 6.71. The van der Waals surface area contributed by atoms with Gasteiger partial charge in [-0.2, -0.15) is 4.68 Å². The zero-order chi connectivity index (χ0) is 20.4. The van der Waals surface area contributed by atoms with Crippen LogP contribution in [0.15, 0.2) is 30.6 Å². The summed E-state index contributed by atoms with van der Waals surface area (Å²) in [6.45, 7) is 5.72. The number of carbonyl (C=O) groups is 2. The first-order chi connectivity index (χ1) is 14.1. The molecule has 10 nitrogen and oxygen atoms in total. The number of aromatic nitrogens is 5. The summed E-state index contributed by atoms with van der Waals surface area (Å²) in [4.78, 5) is 36.0. The van der Waals surface area contributed by atoms with Gasteiger partial charge in [0.15, 0.2) is 17.0 Å². The summed E-state index contributed by atoms with van der Waals surface area (Å²) in [5, 5.41) is 8.54. The molecule has 150 valence electrons. The molecule has 1 aromatic carbocycles. The second kappa shape index (κ2) is 7.82. The van der Waals surface area contributed by atoms with E-state index >= 15 is 0 Å². The maximum Gasteiger partial charge on any atom is 0.397 e. The van der Waals surface area contributed by atoms with Crippen molar-refractivity contribution in [3.63, 3.8) is 0 Å². The lowest BCUT2D eigenvalue weighted by Gasteiger charge is -2.34. The van der Waals surface area contributed by atoms with E-state index < -0.39 is 11.9 Å². The number of amides is 1. The Morgan fingerprint density at radius 3 is 2.48 bits per heavy atom. The average molecular weight is 395 g/mol. The summed E-state index contributed by atoms with van der Waals surface area (Å²) in [6, 6.07) is 7.94. The molecule has 0 atom stereocenters. The van der Waals surface area contributed by atoms with Gasteiger partial charge in [0.25, 0.3) is 0 Å². The van der Waals surface area contributed by atoms with E-state index in [1.165, 1.54) is 11.2 Å². The highest BCUT2D eigenvalue weighted by atomic mass is 16.5. The SMILES string of the molecule is CCOC(=O)C(=O)N1CCN(c2ncnc3c2nnn3-c2ccc(C)cc2)CC1. The van der Waals surface area contributed by atoms with Crippen LogP contribution in [0.1, 0.15) is 12.5 Å². The van der Waals surface area contributed by atoms with Crippen molar-refractivity contribution in [1.29, 1.82) is 0 Å². The number of carbonyl (C=O) groups excluding carboxylic acids is 2. The van der Waals surface area contributed by atoms with Crippen molar-refractivity contribution in [2.45, 2.75) is 13.8 Å². The zero-order valence-electron chi connectivity index (χ0n) is 16.3. The summed E-state index contributed by atoms with van der Waals surface area (Å²) in [6.07, 6.45) is 1.49. The molecule has 1 fully saturated rings. The summed E-state index contributed by atoms with van der Waals surface area (Å²) < 4.78 is 6.47. The third-order valence-corrected chi connectivity index (χ3v) is 4.81. The van der Waals surface area contributed by atoms with Gasteiger partial charge in [-0.3, -0.25) is 4.79 Å². The molecule has 1 saturated heterocycles. The van der Waals surface area contributed by atoms with Crippen molar-refractivity contribution in [2.24, 2.45) is 0 Å². The highest BCUT2D eigenvalue weighted by Gasteiger charge is 2.28. The highest BCUT2D eigenvalue weighted by molar-refractivity contribution is 6.32. The van der Waals surface area contributed by atoms with E-state index in [4.69, 9.17) is 4.74 Å². The van der Waals surface area contributed by atoms with Crippen LogP contribution in [0.5, 0.6) is 0 Å². The van der Waals surface area contributed by atoms with Gasteiger partial charge in [-0.1, -0.05) is 22.9 Å². The number of piperazine rings is 1. The van der Waals surface area contributed by atoms with E-state index in [1.54, 1.807) is 11.6 Å². The standard InChI is InChI=1S/C19H21N7O3/c1-3-29-19(28)18(27)25-10-8-24(9-11-25)16-15-17(21-12-20-16)26(23-22-15)14-6-4-13(2)5-7-14/h4-7,12H,3,8-11H2,1-2H3. The van der Waals surface area contributed by atoms with Crippen LogP contribution in [0.2, 0.25) is 0 Å². The minimum Gasteiger partial charge on any atom is -0.459 e.